The standard InChI is InChI=1S/C27H34N4O4S2/c1-6-31-24(18(5)35-19-13-11-17(4)12-14-19)29-30-27(31)36-15-22(32)28-25-23(26(33)34-16(2)3)20-9-7-8-10-21(20)37-25/h11-14,16,18H,6-10,15H2,1-5H3,(H,28,32). The SMILES string of the molecule is CCn1c(SCC(=O)Nc2sc3c(c2C(=O)OC(C)C)CCCC3)nnc1C(C)Oc1ccc(C)cc1. The van der Waals surface area contributed by atoms with Crippen LogP contribution in [0.15, 0.2) is 29.4 Å². The van der Waals surface area contributed by atoms with Crippen molar-refractivity contribution in [2.45, 2.75) is 84.2 Å². The number of thiophene rings is 1. The Balaban J connectivity index is 1.43. The minimum atomic E-state index is -0.365. The molecule has 1 amide bonds. The van der Waals surface area contributed by atoms with Crippen LogP contribution in [0.1, 0.15) is 78.8 Å². The van der Waals surface area contributed by atoms with Crippen molar-refractivity contribution in [2.75, 3.05) is 11.1 Å². The second-order valence-electron chi connectivity index (χ2n) is 9.36. The third-order valence-corrected chi connectivity index (χ3v) is 8.24. The number of carbonyl (C=O) groups is 2. The van der Waals surface area contributed by atoms with Crippen molar-refractivity contribution in [1.29, 1.82) is 0 Å². The summed E-state index contributed by atoms with van der Waals surface area (Å²) < 4.78 is 13.5. The number of carbonyl (C=O) groups excluding carboxylic acids is 2. The molecule has 1 aromatic carbocycles. The van der Waals surface area contributed by atoms with Crippen LogP contribution in [0.5, 0.6) is 5.75 Å². The molecule has 0 radical (unpaired) electrons. The summed E-state index contributed by atoms with van der Waals surface area (Å²) in [6.07, 6.45) is 3.37. The van der Waals surface area contributed by atoms with Gasteiger partial charge in [-0.2, -0.15) is 0 Å². The summed E-state index contributed by atoms with van der Waals surface area (Å²) in [4.78, 5) is 27.0. The van der Waals surface area contributed by atoms with Crippen LogP contribution >= 0.6 is 23.1 Å². The van der Waals surface area contributed by atoms with E-state index >= 15 is 0 Å². The Morgan fingerprint density at radius 2 is 1.86 bits per heavy atom. The molecule has 1 N–H and O–H groups in total. The molecule has 37 heavy (non-hydrogen) atoms. The molecule has 1 aliphatic carbocycles. The Morgan fingerprint density at radius 1 is 1.14 bits per heavy atom. The van der Waals surface area contributed by atoms with Gasteiger partial charge in [-0.3, -0.25) is 4.79 Å². The van der Waals surface area contributed by atoms with Crippen LogP contribution in [-0.4, -0.2) is 38.5 Å². The maximum Gasteiger partial charge on any atom is 0.341 e. The highest BCUT2D eigenvalue weighted by Gasteiger charge is 2.28. The first kappa shape index (κ1) is 27.2. The zero-order valence-corrected chi connectivity index (χ0v) is 23.6. The fourth-order valence-electron chi connectivity index (χ4n) is 4.31. The number of nitrogens with zero attached hydrogens (tertiary/aromatic N) is 3. The van der Waals surface area contributed by atoms with Gasteiger partial charge in [-0.05, 0) is 78.0 Å². The van der Waals surface area contributed by atoms with Crippen LogP contribution in [0.2, 0.25) is 0 Å². The molecule has 0 fully saturated rings. The van der Waals surface area contributed by atoms with Gasteiger partial charge >= 0.3 is 5.97 Å². The van der Waals surface area contributed by atoms with Gasteiger partial charge in [-0.1, -0.05) is 29.5 Å². The number of aromatic nitrogens is 3. The number of nitrogens with one attached hydrogen (secondary N) is 1. The fraction of sp³-hybridized carbons (Fsp3) is 0.481. The lowest BCUT2D eigenvalue weighted by Crippen LogP contribution is -2.19. The second kappa shape index (κ2) is 12.1. The summed E-state index contributed by atoms with van der Waals surface area (Å²) in [6, 6.07) is 7.88. The topological polar surface area (TPSA) is 95.3 Å². The van der Waals surface area contributed by atoms with Crippen molar-refractivity contribution in [3.8, 4) is 5.75 Å². The number of esters is 1. The van der Waals surface area contributed by atoms with Gasteiger partial charge in [0.05, 0.1) is 17.4 Å². The number of rotatable bonds is 10. The lowest BCUT2D eigenvalue weighted by Gasteiger charge is -2.15. The average molecular weight is 543 g/mol. The Labute approximate surface area is 226 Å². The van der Waals surface area contributed by atoms with E-state index in [1.54, 1.807) is 0 Å². The van der Waals surface area contributed by atoms with E-state index < -0.39 is 0 Å². The van der Waals surface area contributed by atoms with E-state index in [1.165, 1.54) is 33.5 Å². The molecule has 8 nitrogen and oxygen atoms in total. The number of hydrogen-bond donors (Lipinski definition) is 1. The number of amides is 1. The van der Waals surface area contributed by atoms with Crippen LogP contribution in [0.4, 0.5) is 5.00 Å². The molecule has 0 saturated heterocycles. The van der Waals surface area contributed by atoms with Gasteiger partial charge in [0.15, 0.2) is 17.1 Å². The monoisotopic (exact) mass is 542 g/mol. The second-order valence-corrected chi connectivity index (χ2v) is 11.4. The molecule has 2 aromatic heterocycles. The fourth-order valence-corrected chi connectivity index (χ4v) is 6.42. The van der Waals surface area contributed by atoms with E-state index in [-0.39, 0.29) is 29.8 Å². The van der Waals surface area contributed by atoms with E-state index in [2.05, 4.69) is 15.5 Å². The predicted molar refractivity (Wildman–Crippen MR) is 147 cm³/mol. The number of anilines is 1. The third kappa shape index (κ3) is 6.54. The first-order valence-corrected chi connectivity index (χ1v) is 14.5. The van der Waals surface area contributed by atoms with Crippen molar-refractivity contribution in [2.24, 2.45) is 0 Å². The van der Waals surface area contributed by atoms with Crippen molar-refractivity contribution in [3.63, 3.8) is 0 Å². The molecule has 1 aliphatic rings. The van der Waals surface area contributed by atoms with Crippen molar-refractivity contribution >= 4 is 40.0 Å². The Bertz CT molecular complexity index is 1250. The maximum absolute atomic E-state index is 12.9. The molecular weight excluding hydrogens is 508 g/mol. The van der Waals surface area contributed by atoms with Crippen LogP contribution < -0.4 is 10.1 Å². The molecule has 0 aliphatic heterocycles. The zero-order valence-electron chi connectivity index (χ0n) is 22.0. The van der Waals surface area contributed by atoms with E-state index in [1.807, 2.05) is 63.5 Å². The van der Waals surface area contributed by atoms with Gasteiger partial charge < -0.3 is 19.4 Å². The Kier molecular flexibility index (Phi) is 8.91. The van der Waals surface area contributed by atoms with Crippen LogP contribution in [0.3, 0.4) is 0 Å². The summed E-state index contributed by atoms with van der Waals surface area (Å²) in [5.74, 6) is 1.05. The molecule has 0 bridgehead atoms. The normalized spacial score (nSPS) is 13.8. The number of fused-ring (bicyclic) bond motifs is 1. The predicted octanol–water partition coefficient (Wildman–Crippen LogP) is 5.98. The van der Waals surface area contributed by atoms with Gasteiger partial charge in [0.2, 0.25) is 5.91 Å². The maximum atomic E-state index is 12.9. The van der Waals surface area contributed by atoms with Gasteiger partial charge in [0.1, 0.15) is 10.8 Å². The summed E-state index contributed by atoms with van der Waals surface area (Å²) in [6.45, 7) is 10.3. The molecule has 0 saturated carbocycles. The molecule has 10 heteroatoms. The Hall–Kier alpha value is -2.85. The summed E-state index contributed by atoms with van der Waals surface area (Å²) >= 11 is 2.81. The first-order chi connectivity index (χ1) is 17.8. The molecular formula is C27H34N4O4S2. The molecule has 4 rings (SSSR count). The van der Waals surface area contributed by atoms with Crippen molar-refractivity contribution in [3.05, 3.63) is 51.7 Å². The minimum absolute atomic E-state index is 0.145. The van der Waals surface area contributed by atoms with Gasteiger partial charge in [0.25, 0.3) is 0 Å². The van der Waals surface area contributed by atoms with Gasteiger partial charge in [0, 0.05) is 11.4 Å². The van der Waals surface area contributed by atoms with Crippen LogP contribution in [0.25, 0.3) is 0 Å². The average Bonchev–Trinajstić information content (AvgIpc) is 3.44. The number of hydrogen-bond acceptors (Lipinski definition) is 8. The highest BCUT2D eigenvalue weighted by atomic mass is 32.2. The van der Waals surface area contributed by atoms with Gasteiger partial charge in [-0.25, -0.2) is 4.79 Å². The number of aryl methyl sites for hydroxylation is 2. The molecule has 1 atom stereocenters. The first-order valence-electron chi connectivity index (χ1n) is 12.7. The van der Waals surface area contributed by atoms with Crippen molar-refractivity contribution < 1.29 is 19.1 Å². The highest BCUT2D eigenvalue weighted by Crippen LogP contribution is 2.39. The summed E-state index contributed by atoms with van der Waals surface area (Å²) in [7, 11) is 0. The smallest absolute Gasteiger partial charge is 0.341 e. The van der Waals surface area contributed by atoms with E-state index in [0.717, 1.165) is 37.0 Å². The van der Waals surface area contributed by atoms with E-state index in [4.69, 9.17) is 9.47 Å². The Morgan fingerprint density at radius 3 is 2.57 bits per heavy atom. The molecule has 0 spiro atoms. The van der Waals surface area contributed by atoms with Crippen LogP contribution in [0, 0.1) is 6.92 Å². The highest BCUT2D eigenvalue weighted by molar-refractivity contribution is 7.99. The number of ether oxygens (including phenoxy) is 2. The molecule has 1 unspecified atom stereocenters. The molecule has 198 valence electrons. The number of benzene rings is 1. The minimum Gasteiger partial charge on any atom is -0.483 e. The number of thioether (sulfide) groups is 1. The van der Waals surface area contributed by atoms with E-state index in [9.17, 15) is 9.59 Å². The summed E-state index contributed by atoms with van der Waals surface area (Å²) in [5.41, 5.74) is 2.72. The lowest BCUT2D eigenvalue weighted by atomic mass is 9.95. The largest absolute Gasteiger partial charge is 0.483 e. The van der Waals surface area contributed by atoms with Crippen molar-refractivity contribution in [1.82, 2.24) is 14.8 Å². The molecule has 2 heterocycles. The summed E-state index contributed by atoms with van der Waals surface area (Å²) in [5, 5.41) is 12.9. The zero-order chi connectivity index (χ0) is 26.5. The van der Waals surface area contributed by atoms with Gasteiger partial charge in [-0.15, -0.1) is 21.5 Å². The third-order valence-electron chi connectivity index (χ3n) is 6.06. The lowest BCUT2D eigenvalue weighted by molar-refractivity contribution is -0.113. The quantitative estimate of drug-likeness (QED) is 0.249. The molecule has 3 aromatic rings. The van der Waals surface area contributed by atoms with Crippen LogP contribution in [-0.2, 0) is 28.9 Å². The van der Waals surface area contributed by atoms with E-state index in [0.29, 0.717) is 28.1 Å².